The Kier molecular flexibility index (Phi) is 8.80. The number of hydrogen-bond acceptors (Lipinski definition) is 4. The fourth-order valence-electron chi connectivity index (χ4n) is 3.21. The van der Waals surface area contributed by atoms with E-state index in [9.17, 15) is 0 Å². The van der Waals surface area contributed by atoms with Crippen molar-refractivity contribution in [2.24, 2.45) is 4.99 Å². The third kappa shape index (κ3) is 6.98. The van der Waals surface area contributed by atoms with E-state index in [1.54, 1.807) is 14.2 Å². The first kappa shape index (κ1) is 22.6. The number of likely N-dealkylation sites (N-methyl/N-ethyl adjacent to an activating group) is 1. The number of hydrogen-bond donors (Lipinski definition) is 1. The largest absolute Gasteiger partial charge is 0.493 e. The highest BCUT2D eigenvalue weighted by molar-refractivity contribution is 5.79. The Balaban J connectivity index is 1.91. The van der Waals surface area contributed by atoms with E-state index in [-0.39, 0.29) is 0 Å². The minimum absolute atomic E-state index is 0.745. The van der Waals surface area contributed by atoms with Crippen molar-refractivity contribution in [1.82, 2.24) is 15.1 Å². The Labute approximate surface area is 175 Å². The van der Waals surface area contributed by atoms with Crippen LogP contribution in [0, 0.1) is 0 Å². The van der Waals surface area contributed by atoms with Crippen LogP contribution in [0.5, 0.6) is 11.5 Å². The van der Waals surface area contributed by atoms with Crippen LogP contribution in [0.3, 0.4) is 0 Å². The van der Waals surface area contributed by atoms with Crippen molar-refractivity contribution in [2.45, 2.75) is 19.5 Å². The Morgan fingerprint density at radius 3 is 2.31 bits per heavy atom. The monoisotopic (exact) mass is 398 g/mol. The molecule has 0 aliphatic carbocycles. The summed E-state index contributed by atoms with van der Waals surface area (Å²) in [7, 11) is 11.3. The number of guanidine groups is 1. The number of nitrogens with zero attached hydrogens (tertiary/aromatic N) is 3. The maximum absolute atomic E-state index is 5.40. The molecule has 0 spiro atoms. The predicted molar refractivity (Wildman–Crippen MR) is 120 cm³/mol. The van der Waals surface area contributed by atoms with Crippen molar-refractivity contribution >= 4 is 5.96 Å². The van der Waals surface area contributed by atoms with Crippen molar-refractivity contribution in [3.05, 3.63) is 59.2 Å². The molecule has 2 rings (SSSR count). The molecular weight excluding hydrogens is 364 g/mol. The lowest BCUT2D eigenvalue weighted by Crippen LogP contribution is -2.39. The molecule has 0 saturated carbocycles. The number of methoxy groups -OCH3 is 2. The minimum atomic E-state index is 0.745. The van der Waals surface area contributed by atoms with E-state index in [1.807, 2.05) is 19.2 Å². The molecule has 29 heavy (non-hydrogen) atoms. The van der Waals surface area contributed by atoms with E-state index in [1.165, 1.54) is 16.7 Å². The van der Waals surface area contributed by atoms with Crippen molar-refractivity contribution in [3.63, 3.8) is 0 Å². The van der Waals surface area contributed by atoms with Gasteiger partial charge >= 0.3 is 0 Å². The summed E-state index contributed by atoms with van der Waals surface area (Å²) in [5.74, 6) is 2.38. The molecular formula is C23H34N4O2. The third-order valence-corrected chi connectivity index (χ3v) is 4.70. The van der Waals surface area contributed by atoms with Gasteiger partial charge in [-0.3, -0.25) is 4.99 Å². The summed E-state index contributed by atoms with van der Waals surface area (Å²) in [6, 6.07) is 14.7. The maximum Gasteiger partial charge on any atom is 0.193 e. The van der Waals surface area contributed by atoms with Crippen LogP contribution in [-0.4, -0.2) is 64.7 Å². The van der Waals surface area contributed by atoms with Gasteiger partial charge in [-0.1, -0.05) is 30.3 Å². The van der Waals surface area contributed by atoms with E-state index in [0.717, 1.165) is 43.5 Å². The summed E-state index contributed by atoms with van der Waals surface area (Å²) in [5.41, 5.74) is 3.76. The van der Waals surface area contributed by atoms with Gasteiger partial charge in [0.25, 0.3) is 0 Å². The maximum atomic E-state index is 5.40. The van der Waals surface area contributed by atoms with Gasteiger partial charge < -0.3 is 24.6 Å². The van der Waals surface area contributed by atoms with Gasteiger partial charge in [-0.15, -0.1) is 0 Å². The highest BCUT2D eigenvalue weighted by atomic mass is 16.5. The van der Waals surface area contributed by atoms with Crippen molar-refractivity contribution in [3.8, 4) is 11.5 Å². The van der Waals surface area contributed by atoms with Gasteiger partial charge in [-0.05, 0) is 49.3 Å². The quantitative estimate of drug-likeness (QED) is 0.520. The van der Waals surface area contributed by atoms with Crippen molar-refractivity contribution in [1.29, 1.82) is 0 Å². The zero-order valence-corrected chi connectivity index (χ0v) is 18.5. The van der Waals surface area contributed by atoms with Gasteiger partial charge in [0.05, 0.1) is 14.2 Å². The first-order chi connectivity index (χ1) is 14.0. The Morgan fingerprint density at radius 1 is 0.931 bits per heavy atom. The molecule has 0 saturated heterocycles. The smallest absolute Gasteiger partial charge is 0.193 e. The second-order valence-corrected chi connectivity index (χ2v) is 7.32. The molecule has 6 heteroatoms. The van der Waals surface area contributed by atoms with Crippen LogP contribution in [0.4, 0.5) is 0 Å². The van der Waals surface area contributed by atoms with E-state index in [2.05, 4.69) is 71.6 Å². The molecule has 0 amide bonds. The molecule has 0 aliphatic rings. The second kappa shape index (κ2) is 11.3. The summed E-state index contributed by atoms with van der Waals surface area (Å²) < 4.78 is 10.7. The third-order valence-electron chi connectivity index (χ3n) is 4.70. The highest BCUT2D eigenvalue weighted by Gasteiger charge is 2.09. The average Bonchev–Trinajstić information content (AvgIpc) is 2.72. The van der Waals surface area contributed by atoms with E-state index in [4.69, 9.17) is 9.47 Å². The Morgan fingerprint density at radius 2 is 1.66 bits per heavy atom. The van der Waals surface area contributed by atoms with E-state index < -0.39 is 0 Å². The number of nitrogens with one attached hydrogen (secondary N) is 1. The van der Waals surface area contributed by atoms with Crippen molar-refractivity contribution < 1.29 is 9.47 Å². The van der Waals surface area contributed by atoms with E-state index in [0.29, 0.717) is 0 Å². The lowest BCUT2D eigenvalue weighted by molar-refractivity contribution is 0.354. The first-order valence-corrected chi connectivity index (χ1v) is 9.82. The highest BCUT2D eigenvalue weighted by Crippen LogP contribution is 2.27. The van der Waals surface area contributed by atoms with Crippen LogP contribution >= 0.6 is 0 Å². The Bertz CT molecular complexity index is 805. The van der Waals surface area contributed by atoms with Crippen LogP contribution < -0.4 is 14.8 Å². The molecule has 0 aromatic heterocycles. The summed E-state index contributed by atoms with van der Waals surface area (Å²) in [6.07, 6.45) is 0.885. The lowest BCUT2D eigenvalue weighted by Gasteiger charge is -2.22. The van der Waals surface area contributed by atoms with Crippen molar-refractivity contribution in [2.75, 3.05) is 49.0 Å². The molecule has 2 aromatic carbocycles. The topological polar surface area (TPSA) is 49.3 Å². The molecule has 0 radical (unpaired) electrons. The molecule has 6 nitrogen and oxygen atoms in total. The molecule has 0 unspecified atom stereocenters. The zero-order chi connectivity index (χ0) is 21.2. The van der Waals surface area contributed by atoms with Gasteiger partial charge in [0.15, 0.2) is 17.5 Å². The van der Waals surface area contributed by atoms with Gasteiger partial charge in [0, 0.05) is 33.7 Å². The summed E-state index contributed by atoms with van der Waals surface area (Å²) in [4.78, 5) is 8.74. The summed E-state index contributed by atoms with van der Waals surface area (Å²) >= 11 is 0. The molecule has 2 aromatic rings. The molecule has 158 valence electrons. The average molecular weight is 399 g/mol. The van der Waals surface area contributed by atoms with Gasteiger partial charge in [0.1, 0.15) is 0 Å². The van der Waals surface area contributed by atoms with Crippen LogP contribution in [-0.2, 0) is 19.5 Å². The summed E-state index contributed by atoms with van der Waals surface area (Å²) in [6.45, 7) is 2.53. The summed E-state index contributed by atoms with van der Waals surface area (Å²) in [5, 5.41) is 3.46. The number of ether oxygens (including phenoxy) is 2. The number of benzene rings is 2. The number of aliphatic imine (C=N–C) groups is 1. The fourth-order valence-corrected chi connectivity index (χ4v) is 3.21. The lowest BCUT2D eigenvalue weighted by atomic mass is 10.1. The molecule has 0 atom stereocenters. The second-order valence-electron chi connectivity index (χ2n) is 7.32. The Hall–Kier alpha value is -2.73. The normalized spacial score (nSPS) is 11.5. The molecule has 0 fully saturated rings. The molecule has 1 N–H and O–H groups in total. The predicted octanol–water partition coefficient (Wildman–Crippen LogP) is 3.02. The SMILES string of the molecule is CN=C(NCc1cccc(CN(C)C)c1)N(C)CCc1ccc(OC)c(OC)c1. The van der Waals surface area contributed by atoms with Gasteiger partial charge in [0.2, 0.25) is 0 Å². The minimum Gasteiger partial charge on any atom is -0.493 e. The number of rotatable bonds is 9. The van der Waals surface area contributed by atoms with Crippen LogP contribution in [0.25, 0.3) is 0 Å². The molecule has 0 heterocycles. The molecule has 0 aliphatic heterocycles. The standard InChI is InChI=1S/C23H34N4O2/c1-24-23(25-16-19-8-7-9-20(14-19)17-26(2)3)27(4)13-12-18-10-11-21(28-5)22(15-18)29-6/h7-11,14-15H,12-13,16-17H2,1-6H3,(H,24,25). The van der Waals surface area contributed by atoms with Gasteiger partial charge in [-0.2, -0.15) is 0 Å². The van der Waals surface area contributed by atoms with Crippen LogP contribution in [0.1, 0.15) is 16.7 Å². The van der Waals surface area contributed by atoms with Crippen LogP contribution in [0.2, 0.25) is 0 Å². The molecule has 0 bridgehead atoms. The van der Waals surface area contributed by atoms with Gasteiger partial charge in [-0.25, -0.2) is 0 Å². The van der Waals surface area contributed by atoms with E-state index >= 15 is 0 Å². The van der Waals surface area contributed by atoms with Crippen LogP contribution in [0.15, 0.2) is 47.5 Å². The zero-order valence-electron chi connectivity index (χ0n) is 18.5. The first-order valence-electron chi connectivity index (χ1n) is 9.82. The fraction of sp³-hybridized carbons (Fsp3) is 0.435.